The number of aryl methyl sites for hydroxylation is 1. The maximum atomic E-state index is 13.7. The molecule has 3 rings (SSSR count). The number of aromatic carboxylic acids is 1. The highest BCUT2D eigenvalue weighted by molar-refractivity contribution is 5.94. The quantitative estimate of drug-likeness (QED) is 0.878. The summed E-state index contributed by atoms with van der Waals surface area (Å²) in [6.45, 7) is 3.04. The van der Waals surface area contributed by atoms with Crippen LogP contribution in [0.3, 0.4) is 0 Å². The molecule has 1 saturated heterocycles. The van der Waals surface area contributed by atoms with E-state index in [9.17, 15) is 23.9 Å². The van der Waals surface area contributed by atoms with Gasteiger partial charge in [0.15, 0.2) is 0 Å². The van der Waals surface area contributed by atoms with Gasteiger partial charge in [0, 0.05) is 31.7 Å². The molecule has 0 aliphatic carbocycles. The summed E-state index contributed by atoms with van der Waals surface area (Å²) in [5.41, 5.74) is 1.35. The summed E-state index contributed by atoms with van der Waals surface area (Å²) in [6.07, 6.45) is -0.000404. The fourth-order valence-corrected chi connectivity index (χ4v) is 3.23. The SMILES string of the molecule is Cc1ccc(C(=O)N2CCN(C(=O)Cc3ccccc3C(=O)O)CC2)cc1F. The van der Waals surface area contributed by atoms with Crippen molar-refractivity contribution in [1.29, 1.82) is 0 Å². The zero-order valence-electron chi connectivity index (χ0n) is 15.5. The number of carbonyl (C=O) groups excluding carboxylic acids is 2. The lowest BCUT2D eigenvalue weighted by Gasteiger charge is -2.35. The molecule has 0 aromatic heterocycles. The van der Waals surface area contributed by atoms with Crippen molar-refractivity contribution in [3.05, 3.63) is 70.5 Å². The number of carbonyl (C=O) groups is 3. The number of amides is 2. The average molecular weight is 384 g/mol. The minimum atomic E-state index is -1.07. The Morgan fingerprint density at radius 1 is 1.00 bits per heavy atom. The molecule has 7 heteroatoms. The highest BCUT2D eigenvalue weighted by Crippen LogP contribution is 2.15. The van der Waals surface area contributed by atoms with Crippen LogP contribution in [0.5, 0.6) is 0 Å². The first-order chi connectivity index (χ1) is 13.4. The van der Waals surface area contributed by atoms with E-state index in [-0.39, 0.29) is 23.8 Å². The van der Waals surface area contributed by atoms with Crippen molar-refractivity contribution in [2.75, 3.05) is 26.2 Å². The average Bonchev–Trinajstić information content (AvgIpc) is 2.70. The summed E-state index contributed by atoms with van der Waals surface area (Å²) < 4.78 is 13.7. The van der Waals surface area contributed by atoms with Crippen LogP contribution in [0.25, 0.3) is 0 Å². The Bertz CT molecular complexity index is 920. The zero-order chi connectivity index (χ0) is 20.3. The highest BCUT2D eigenvalue weighted by Gasteiger charge is 2.26. The highest BCUT2D eigenvalue weighted by atomic mass is 19.1. The van der Waals surface area contributed by atoms with Crippen LogP contribution in [0.1, 0.15) is 31.8 Å². The molecule has 2 aromatic rings. The molecule has 0 saturated carbocycles. The third-order valence-electron chi connectivity index (χ3n) is 4.93. The number of halogens is 1. The van der Waals surface area contributed by atoms with Gasteiger partial charge < -0.3 is 14.9 Å². The lowest BCUT2D eigenvalue weighted by Crippen LogP contribution is -2.51. The lowest BCUT2D eigenvalue weighted by atomic mass is 10.0. The molecule has 1 N–H and O–H groups in total. The molecule has 2 aromatic carbocycles. The van der Waals surface area contributed by atoms with Gasteiger partial charge in [0.1, 0.15) is 5.82 Å². The molecule has 0 atom stereocenters. The summed E-state index contributed by atoms with van der Waals surface area (Å²) in [5.74, 6) is -1.93. The number of carboxylic acid groups (broad SMARTS) is 1. The van der Waals surface area contributed by atoms with E-state index in [1.54, 1.807) is 47.1 Å². The Hall–Kier alpha value is -3.22. The van der Waals surface area contributed by atoms with Gasteiger partial charge >= 0.3 is 5.97 Å². The summed E-state index contributed by atoms with van der Waals surface area (Å²) in [6, 6.07) is 10.8. The van der Waals surface area contributed by atoms with Crippen LogP contribution >= 0.6 is 0 Å². The maximum absolute atomic E-state index is 13.7. The number of hydrogen-bond acceptors (Lipinski definition) is 3. The second kappa shape index (κ2) is 8.21. The van der Waals surface area contributed by atoms with Gasteiger partial charge in [0.05, 0.1) is 12.0 Å². The Balaban J connectivity index is 1.60. The molecule has 6 nitrogen and oxygen atoms in total. The largest absolute Gasteiger partial charge is 0.478 e. The van der Waals surface area contributed by atoms with E-state index in [1.807, 2.05) is 0 Å². The van der Waals surface area contributed by atoms with E-state index >= 15 is 0 Å². The fourth-order valence-electron chi connectivity index (χ4n) is 3.23. The second-order valence-electron chi connectivity index (χ2n) is 6.78. The van der Waals surface area contributed by atoms with Crippen molar-refractivity contribution < 1.29 is 23.9 Å². The van der Waals surface area contributed by atoms with Gasteiger partial charge in [-0.1, -0.05) is 24.3 Å². The van der Waals surface area contributed by atoms with Gasteiger partial charge in [-0.05, 0) is 36.2 Å². The predicted octanol–water partition coefficient (Wildman–Crippen LogP) is 2.36. The molecule has 0 bridgehead atoms. The molecule has 2 amide bonds. The molecule has 0 radical (unpaired) electrons. The number of nitrogens with zero attached hydrogens (tertiary/aromatic N) is 2. The van der Waals surface area contributed by atoms with Crippen molar-refractivity contribution in [1.82, 2.24) is 9.80 Å². The molecular weight excluding hydrogens is 363 g/mol. The minimum Gasteiger partial charge on any atom is -0.478 e. The predicted molar refractivity (Wildman–Crippen MR) is 101 cm³/mol. The molecule has 1 heterocycles. The third kappa shape index (κ3) is 4.19. The first kappa shape index (κ1) is 19.5. The number of carboxylic acids is 1. The van der Waals surface area contributed by atoms with Gasteiger partial charge in [-0.15, -0.1) is 0 Å². The van der Waals surface area contributed by atoms with E-state index in [2.05, 4.69) is 0 Å². The van der Waals surface area contributed by atoms with Crippen LogP contribution in [-0.4, -0.2) is 58.9 Å². The fraction of sp³-hybridized carbons (Fsp3) is 0.286. The van der Waals surface area contributed by atoms with Crippen LogP contribution in [-0.2, 0) is 11.2 Å². The summed E-state index contributed by atoms with van der Waals surface area (Å²) >= 11 is 0. The topological polar surface area (TPSA) is 77.9 Å². The van der Waals surface area contributed by atoms with E-state index in [0.29, 0.717) is 42.9 Å². The molecule has 146 valence electrons. The lowest BCUT2D eigenvalue weighted by molar-refractivity contribution is -0.131. The normalized spacial score (nSPS) is 14.1. The van der Waals surface area contributed by atoms with Gasteiger partial charge in [0.25, 0.3) is 5.91 Å². The Morgan fingerprint density at radius 2 is 1.64 bits per heavy atom. The van der Waals surface area contributed by atoms with E-state index in [1.165, 1.54) is 12.1 Å². The van der Waals surface area contributed by atoms with Crippen LogP contribution < -0.4 is 0 Å². The summed E-state index contributed by atoms with van der Waals surface area (Å²) in [5, 5.41) is 9.23. The van der Waals surface area contributed by atoms with Crippen LogP contribution in [0, 0.1) is 12.7 Å². The number of rotatable bonds is 4. The molecule has 28 heavy (non-hydrogen) atoms. The van der Waals surface area contributed by atoms with Crippen LogP contribution in [0.2, 0.25) is 0 Å². The Morgan fingerprint density at radius 3 is 2.29 bits per heavy atom. The van der Waals surface area contributed by atoms with E-state index in [0.717, 1.165) is 0 Å². The first-order valence-electron chi connectivity index (χ1n) is 9.01. The molecule has 1 aliphatic rings. The van der Waals surface area contributed by atoms with Crippen LogP contribution in [0.4, 0.5) is 4.39 Å². The second-order valence-corrected chi connectivity index (χ2v) is 6.78. The Labute approximate surface area is 162 Å². The minimum absolute atomic E-state index is 0.000404. The van der Waals surface area contributed by atoms with Crippen molar-refractivity contribution in [3.8, 4) is 0 Å². The summed E-state index contributed by atoms with van der Waals surface area (Å²) in [4.78, 5) is 39.6. The van der Waals surface area contributed by atoms with Crippen molar-refractivity contribution in [3.63, 3.8) is 0 Å². The molecule has 1 aliphatic heterocycles. The zero-order valence-corrected chi connectivity index (χ0v) is 15.5. The third-order valence-corrected chi connectivity index (χ3v) is 4.93. The van der Waals surface area contributed by atoms with Crippen LogP contribution in [0.15, 0.2) is 42.5 Å². The number of piperazine rings is 1. The Kier molecular flexibility index (Phi) is 5.73. The van der Waals surface area contributed by atoms with Gasteiger partial charge in [-0.3, -0.25) is 9.59 Å². The first-order valence-corrected chi connectivity index (χ1v) is 9.01. The number of benzene rings is 2. The van der Waals surface area contributed by atoms with Crippen molar-refractivity contribution in [2.45, 2.75) is 13.3 Å². The number of hydrogen-bond donors (Lipinski definition) is 1. The molecule has 0 unspecified atom stereocenters. The monoisotopic (exact) mass is 384 g/mol. The van der Waals surface area contributed by atoms with Gasteiger partial charge in [0.2, 0.25) is 5.91 Å². The van der Waals surface area contributed by atoms with Crippen molar-refractivity contribution >= 4 is 17.8 Å². The standard InChI is InChI=1S/C21H21FN2O4/c1-14-6-7-16(12-18(14)22)20(26)24-10-8-23(9-11-24)19(25)13-15-4-2-3-5-17(15)21(27)28/h2-7,12H,8-11,13H2,1H3,(H,27,28). The smallest absolute Gasteiger partial charge is 0.335 e. The van der Waals surface area contributed by atoms with Gasteiger partial charge in [-0.25, -0.2) is 9.18 Å². The molecular formula is C21H21FN2O4. The summed E-state index contributed by atoms with van der Waals surface area (Å²) in [7, 11) is 0. The maximum Gasteiger partial charge on any atom is 0.335 e. The van der Waals surface area contributed by atoms with E-state index < -0.39 is 11.8 Å². The molecule has 0 spiro atoms. The molecule has 1 fully saturated rings. The van der Waals surface area contributed by atoms with E-state index in [4.69, 9.17) is 0 Å². The van der Waals surface area contributed by atoms with Gasteiger partial charge in [-0.2, -0.15) is 0 Å². The van der Waals surface area contributed by atoms with Crippen molar-refractivity contribution in [2.24, 2.45) is 0 Å².